The van der Waals surface area contributed by atoms with E-state index >= 15 is 0 Å². The van der Waals surface area contributed by atoms with Crippen molar-refractivity contribution >= 4 is 15.8 Å². The molecule has 0 spiro atoms. The summed E-state index contributed by atoms with van der Waals surface area (Å²) in [5.41, 5.74) is 0.387. The Bertz CT molecular complexity index is 588. The van der Waals surface area contributed by atoms with Crippen LogP contribution in [0.1, 0.15) is 19.5 Å². The minimum atomic E-state index is -3.50. The highest BCUT2D eigenvalue weighted by Crippen LogP contribution is 2.07. The molecule has 0 bridgehead atoms. The first kappa shape index (κ1) is 16.4. The molecule has 2 N–H and O–H groups in total. The molecule has 0 radical (unpaired) electrons. The highest BCUT2D eigenvalue weighted by atomic mass is 32.2. The zero-order valence-corrected chi connectivity index (χ0v) is 12.3. The number of rotatable bonds is 6. The summed E-state index contributed by atoms with van der Waals surface area (Å²) in [4.78, 5) is 4.02. The first-order chi connectivity index (χ1) is 9.43. The maximum absolute atomic E-state index is 11.8. The van der Waals surface area contributed by atoms with Gasteiger partial charge in [0.2, 0.25) is 10.0 Å². The van der Waals surface area contributed by atoms with Gasteiger partial charge >= 0.3 is 0 Å². The van der Waals surface area contributed by atoms with E-state index < -0.39 is 10.0 Å². The van der Waals surface area contributed by atoms with E-state index in [-0.39, 0.29) is 30.9 Å². The van der Waals surface area contributed by atoms with Gasteiger partial charge < -0.3 is 9.84 Å². The standard InChI is InChI=1S/C13H18N2O4S/c1-11(2)19-9-10-20(17,18)15-13-7-3-5-12(14-13)6-4-8-16/h3,5,7,11,16H,8-10H2,1-2H3,(H,14,15). The summed E-state index contributed by atoms with van der Waals surface area (Å²) in [6.07, 6.45) is -0.0135. The van der Waals surface area contributed by atoms with Crippen molar-refractivity contribution in [1.29, 1.82) is 0 Å². The van der Waals surface area contributed by atoms with E-state index in [9.17, 15) is 8.42 Å². The van der Waals surface area contributed by atoms with Crippen LogP contribution in [0.25, 0.3) is 0 Å². The summed E-state index contributed by atoms with van der Waals surface area (Å²) in [5, 5.41) is 8.60. The summed E-state index contributed by atoms with van der Waals surface area (Å²) in [6, 6.07) is 4.80. The predicted molar refractivity (Wildman–Crippen MR) is 76.7 cm³/mol. The molecule has 0 fully saturated rings. The van der Waals surface area contributed by atoms with Crippen LogP contribution in [0.2, 0.25) is 0 Å². The average molecular weight is 298 g/mol. The molecule has 0 saturated heterocycles. The molecule has 1 aromatic rings. The van der Waals surface area contributed by atoms with Gasteiger partial charge in [0.1, 0.15) is 18.1 Å². The Morgan fingerprint density at radius 2 is 2.20 bits per heavy atom. The molecule has 6 nitrogen and oxygen atoms in total. The second-order valence-electron chi connectivity index (χ2n) is 4.21. The zero-order valence-electron chi connectivity index (χ0n) is 11.5. The lowest BCUT2D eigenvalue weighted by atomic mass is 10.3. The van der Waals surface area contributed by atoms with Crippen LogP contribution < -0.4 is 4.72 Å². The third-order valence-electron chi connectivity index (χ3n) is 2.11. The number of sulfonamides is 1. The van der Waals surface area contributed by atoms with Gasteiger partial charge in [-0.3, -0.25) is 4.72 Å². The van der Waals surface area contributed by atoms with Gasteiger partial charge in [0.05, 0.1) is 18.5 Å². The monoisotopic (exact) mass is 298 g/mol. The smallest absolute Gasteiger partial charge is 0.236 e. The first-order valence-electron chi connectivity index (χ1n) is 6.12. The highest BCUT2D eigenvalue weighted by Gasteiger charge is 2.11. The molecular weight excluding hydrogens is 280 g/mol. The SMILES string of the molecule is CC(C)OCCS(=O)(=O)Nc1cccc(C#CCO)n1. The van der Waals surface area contributed by atoms with Crippen LogP contribution in [-0.2, 0) is 14.8 Å². The Morgan fingerprint density at radius 1 is 1.45 bits per heavy atom. The molecule has 0 unspecified atom stereocenters. The second kappa shape index (κ2) is 7.85. The Morgan fingerprint density at radius 3 is 2.85 bits per heavy atom. The zero-order chi connectivity index (χ0) is 15.0. The van der Waals surface area contributed by atoms with Gasteiger partial charge in [-0.25, -0.2) is 13.4 Å². The Hall–Kier alpha value is -1.62. The number of hydrogen-bond acceptors (Lipinski definition) is 5. The van der Waals surface area contributed by atoms with Crippen LogP contribution in [0, 0.1) is 11.8 Å². The number of aliphatic hydroxyl groups excluding tert-OH is 1. The van der Waals surface area contributed by atoms with Crippen molar-refractivity contribution in [1.82, 2.24) is 4.98 Å². The van der Waals surface area contributed by atoms with E-state index in [0.717, 1.165) is 0 Å². The van der Waals surface area contributed by atoms with E-state index in [4.69, 9.17) is 9.84 Å². The topological polar surface area (TPSA) is 88.5 Å². The van der Waals surface area contributed by atoms with Crippen LogP contribution in [-0.4, -0.2) is 43.6 Å². The van der Waals surface area contributed by atoms with Crippen molar-refractivity contribution in [3.05, 3.63) is 23.9 Å². The van der Waals surface area contributed by atoms with E-state index in [0.29, 0.717) is 5.69 Å². The Balaban J connectivity index is 2.67. The molecule has 0 amide bonds. The van der Waals surface area contributed by atoms with Crippen molar-refractivity contribution in [3.8, 4) is 11.8 Å². The summed E-state index contributed by atoms with van der Waals surface area (Å²) >= 11 is 0. The molecule has 0 aliphatic heterocycles. The Labute approximate surface area is 119 Å². The van der Waals surface area contributed by atoms with E-state index in [1.807, 2.05) is 13.8 Å². The van der Waals surface area contributed by atoms with E-state index in [1.54, 1.807) is 12.1 Å². The molecule has 7 heteroatoms. The lowest BCUT2D eigenvalue weighted by Gasteiger charge is -2.09. The average Bonchev–Trinajstić information content (AvgIpc) is 2.35. The third kappa shape index (κ3) is 6.52. The highest BCUT2D eigenvalue weighted by molar-refractivity contribution is 7.92. The molecule has 0 aliphatic rings. The van der Waals surface area contributed by atoms with Crippen molar-refractivity contribution in [2.24, 2.45) is 0 Å². The summed E-state index contributed by atoms with van der Waals surface area (Å²) < 4.78 is 31.2. The minimum absolute atomic E-state index is 0.0135. The van der Waals surface area contributed by atoms with Crippen molar-refractivity contribution < 1.29 is 18.3 Å². The van der Waals surface area contributed by atoms with Crippen molar-refractivity contribution in [2.75, 3.05) is 23.7 Å². The van der Waals surface area contributed by atoms with Gasteiger partial charge in [-0.05, 0) is 31.9 Å². The van der Waals surface area contributed by atoms with E-state index in [1.165, 1.54) is 6.07 Å². The molecule has 0 saturated carbocycles. The van der Waals surface area contributed by atoms with Gasteiger partial charge in [-0.2, -0.15) is 0 Å². The van der Waals surface area contributed by atoms with Crippen LogP contribution in [0.5, 0.6) is 0 Å². The lowest BCUT2D eigenvalue weighted by molar-refractivity contribution is 0.0913. The van der Waals surface area contributed by atoms with Crippen LogP contribution >= 0.6 is 0 Å². The molecule has 1 aromatic heterocycles. The fourth-order valence-corrected chi connectivity index (χ4v) is 2.15. The molecule has 0 aliphatic carbocycles. The van der Waals surface area contributed by atoms with Crippen molar-refractivity contribution in [2.45, 2.75) is 20.0 Å². The second-order valence-corrected chi connectivity index (χ2v) is 6.05. The van der Waals surface area contributed by atoms with Crippen LogP contribution in [0.4, 0.5) is 5.82 Å². The summed E-state index contributed by atoms with van der Waals surface area (Å²) in [6.45, 7) is 3.52. The van der Waals surface area contributed by atoms with Crippen LogP contribution in [0.15, 0.2) is 18.2 Å². The quantitative estimate of drug-likeness (QED) is 0.751. The fourth-order valence-electron chi connectivity index (χ4n) is 1.30. The van der Waals surface area contributed by atoms with E-state index in [2.05, 4.69) is 21.5 Å². The van der Waals surface area contributed by atoms with Gasteiger partial charge in [0.15, 0.2) is 0 Å². The number of aliphatic hydroxyl groups is 1. The number of pyridine rings is 1. The van der Waals surface area contributed by atoms with Crippen LogP contribution in [0.3, 0.4) is 0 Å². The minimum Gasteiger partial charge on any atom is -0.384 e. The third-order valence-corrected chi connectivity index (χ3v) is 3.33. The molecule has 0 atom stereocenters. The van der Waals surface area contributed by atoms with Gasteiger partial charge in [0, 0.05) is 0 Å². The number of anilines is 1. The number of nitrogens with one attached hydrogen (secondary N) is 1. The normalized spacial score (nSPS) is 11.0. The predicted octanol–water partition coefficient (Wildman–Crippen LogP) is 0.592. The number of aromatic nitrogens is 1. The molecule has 110 valence electrons. The van der Waals surface area contributed by atoms with Crippen molar-refractivity contribution in [3.63, 3.8) is 0 Å². The lowest BCUT2D eigenvalue weighted by Crippen LogP contribution is -2.22. The molecule has 0 aromatic carbocycles. The number of hydrogen-bond donors (Lipinski definition) is 2. The number of ether oxygens (including phenoxy) is 1. The van der Waals surface area contributed by atoms with Gasteiger partial charge in [-0.15, -0.1) is 0 Å². The first-order valence-corrected chi connectivity index (χ1v) is 7.77. The summed E-state index contributed by atoms with van der Waals surface area (Å²) in [7, 11) is -3.50. The van der Waals surface area contributed by atoms with Gasteiger partial charge in [-0.1, -0.05) is 12.0 Å². The molecule has 20 heavy (non-hydrogen) atoms. The summed E-state index contributed by atoms with van der Waals surface area (Å²) in [5.74, 6) is 5.11. The Kier molecular flexibility index (Phi) is 6.45. The molecule has 1 heterocycles. The molecule has 1 rings (SSSR count). The maximum Gasteiger partial charge on any atom is 0.236 e. The van der Waals surface area contributed by atoms with Gasteiger partial charge in [0.25, 0.3) is 0 Å². The molecular formula is C13H18N2O4S. The largest absolute Gasteiger partial charge is 0.384 e. The maximum atomic E-state index is 11.8. The number of nitrogens with zero attached hydrogens (tertiary/aromatic N) is 1. The fraction of sp³-hybridized carbons (Fsp3) is 0.462.